The maximum absolute atomic E-state index is 11.2. The number of carbonyl (C=O) groups excluding carboxylic acids is 1. The Balaban J connectivity index is 2.23. The Morgan fingerprint density at radius 3 is 2.57 bits per heavy atom. The number of hydrogen-bond acceptors (Lipinski definition) is 2. The molecule has 0 aliphatic heterocycles. The smallest absolute Gasteiger partial charge is 0.305 e. The predicted octanol–water partition coefficient (Wildman–Crippen LogP) is 5.04. The fourth-order valence-corrected chi connectivity index (χ4v) is 2.26. The van der Waals surface area contributed by atoms with Crippen molar-refractivity contribution < 1.29 is 9.53 Å². The summed E-state index contributed by atoms with van der Waals surface area (Å²) >= 11 is 0. The SMILES string of the molecule is CCCC(=O)OCCCCCc1cccc(C(C)(C)C)c1. The summed E-state index contributed by atoms with van der Waals surface area (Å²) in [6.45, 7) is 9.30. The molecule has 21 heavy (non-hydrogen) atoms. The molecule has 0 aliphatic rings. The molecule has 0 aliphatic carbocycles. The highest BCUT2D eigenvalue weighted by molar-refractivity contribution is 5.69. The zero-order valence-electron chi connectivity index (χ0n) is 14.1. The van der Waals surface area contributed by atoms with Crippen LogP contribution in [0.25, 0.3) is 0 Å². The molecule has 0 bridgehead atoms. The Morgan fingerprint density at radius 2 is 1.90 bits per heavy atom. The van der Waals surface area contributed by atoms with Crippen LogP contribution < -0.4 is 0 Å². The molecule has 0 saturated carbocycles. The highest BCUT2D eigenvalue weighted by Gasteiger charge is 2.13. The van der Waals surface area contributed by atoms with Crippen molar-refractivity contribution >= 4 is 5.97 Å². The van der Waals surface area contributed by atoms with Crippen LogP contribution >= 0.6 is 0 Å². The Bertz CT molecular complexity index is 429. The van der Waals surface area contributed by atoms with Gasteiger partial charge in [0, 0.05) is 6.42 Å². The molecule has 0 saturated heterocycles. The van der Waals surface area contributed by atoms with Crippen LogP contribution in [0.2, 0.25) is 0 Å². The van der Waals surface area contributed by atoms with Crippen molar-refractivity contribution in [2.75, 3.05) is 6.61 Å². The molecule has 1 aromatic rings. The second-order valence-electron chi connectivity index (χ2n) is 6.73. The van der Waals surface area contributed by atoms with E-state index in [2.05, 4.69) is 45.0 Å². The van der Waals surface area contributed by atoms with Gasteiger partial charge in [-0.2, -0.15) is 0 Å². The third-order valence-electron chi connectivity index (χ3n) is 3.62. The summed E-state index contributed by atoms with van der Waals surface area (Å²) < 4.78 is 5.16. The number of esters is 1. The van der Waals surface area contributed by atoms with Gasteiger partial charge in [-0.3, -0.25) is 4.79 Å². The van der Waals surface area contributed by atoms with Crippen LogP contribution in [0, 0.1) is 0 Å². The molecule has 0 spiro atoms. The molecule has 2 nitrogen and oxygen atoms in total. The molecule has 1 aromatic carbocycles. The number of carbonyl (C=O) groups is 1. The van der Waals surface area contributed by atoms with Gasteiger partial charge in [0.2, 0.25) is 0 Å². The van der Waals surface area contributed by atoms with Crippen molar-refractivity contribution in [2.24, 2.45) is 0 Å². The monoisotopic (exact) mass is 290 g/mol. The van der Waals surface area contributed by atoms with E-state index in [0.29, 0.717) is 13.0 Å². The molecule has 0 heterocycles. The van der Waals surface area contributed by atoms with Gasteiger partial charge in [-0.05, 0) is 48.6 Å². The number of unbranched alkanes of at least 4 members (excludes halogenated alkanes) is 2. The number of benzene rings is 1. The summed E-state index contributed by atoms with van der Waals surface area (Å²) in [6.07, 6.45) is 5.74. The summed E-state index contributed by atoms with van der Waals surface area (Å²) in [5.74, 6) is -0.0598. The van der Waals surface area contributed by atoms with E-state index in [9.17, 15) is 4.79 Å². The first-order valence-corrected chi connectivity index (χ1v) is 8.18. The van der Waals surface area contributed by atoms with Gasteiger partial charge in [0.1, 0.15) is 0 Å². The standard InChI is InChI=1S/C19H30O2/c1-5-10-18(20)21-14-8-6-7-11-16-12-9-13-17(15-16)19(2,3)4/h9,12-13,15H,5-8,10-11,14H2,1-4H3. The van der Waals surface area contributed by atoms with Crippen molar-refractivity contribution in [3.8, 4) is 0 Å². The summed E-state index contributed by atoms with van der Waals surface area (Å²) in [5.41, 5.74) is 3.02. The summed E-state index contributed by atoms with van der Waals surface area (Å²) in [6, 6.07) is 8.89. The van der Waals surface area contributed by atoms with Crippen molar-refractivity contribution in [1.29, 1.82) is 0 Å². The number of rotatable bonds is 8. The summed E-state index contributed by atoms with van der Waals surface area (Å²) in [5, 5.41) is 0. The van der Waals surface area contributed by atoms with E-state index in [1.54, 1.807) is 0 Å². The summed E-state index contributed by atoms with van der Waals surface area (Å²) in [7, 11) is 0. The van der Waals surface area contributed by atoms with E-state index < -0.39 is 0 Å². The lowest BCUT2D eigenvalue weighted by molar-refractivity contribution is -0.143. The van der Waals surface area contributed by atoms with Crippen LogP contribution in [0.3, 0.4) is 0 Å². The van der Waals surface area contributed by atoms with Gasteiger partial charge in [-0.1, -0.05) is 52.0 Å². The van der Waals surface area contributed by atoms with Gasteiger partial charge in [0.05, 0.1) is 6.61 Å². The normalized spacial score (nSPS) is 11.4. The Labute approximate surface area is 129 Å². The van der Waals surface area contributed by atoms with Crippen LogP contribution in [-0.4, -0.2) is 12.6 Å². The van der Waals surface area contributed by atoms with Gasteiger partial charge < -0.3 is 4.74 Å². The Kier molecular flexibility index (Phi) is 7.49. The minimum Gasteiger partial charge on any atom is -0.466 e. The lowest BCUT2D eigenvalue weighted by atomic mass is 9.86. The van der Waals surface area contributed by atoms with Crippen molar-refractivity contribution in [1.82, 2.24) is 0 Å². The molecule has 0 radical (unpaired) electrons. The topological polar surface area (TPSA) is 26.3 Å². The van der Waals surface area contributed by atoms with E-state index in [1.807, 2.05) is 6.92 Å². The van der Waals surface area contributed by atoms with Crippen LogP contribution in [0.5, 0.6) is 0 Å². The van der Waals surface area contributed by atoms with Crippen LogP contribution in [0.15, 0.2) is 24.3 Å². The maximum Gasteiger partial charge on any atom is 0.305 e. The quantitative estimate of drug-likeness (QED) is 0.495. The van der Waals surface area contributed by atoms with E-state index in [4.69, 9.17) is 4.74 Å². The van der Waals surface area contributed by atoms with E-state index in [-0.39, 0.29) is 11.4 Å². The van der Waals surface area contributed by atoms with Crippen molar-refractivity contribution in [3.63, 3.8) is 0 Å². The highest BCUT2D eigenvalue weighted by atomic mass is 16.5. The van der Waals surface area contributed by atoms with Crippen molar-refractivity contribution in [3.05, 3.63) is 35.4 Å². The first-order chi connectivity index (χ1) is 9.93. The third-order valence-corrected chi connectivity index (χ3v) is 3.62. The Hall–Kier alpha value is -1.31. The van der Waals surface area contributed by atoms with Gasteiger partial charge in [-0.15, -0.1) is 0 Å². The highest BCUT2D eigenvalue weighted by Crippen LogP contribution is 2.23. The molecule has 0 aromatic heterocycles. The lowest BCUT2D eigenvalue weighted by Crippen LogP contribution is -2.11. The number of ether oxygens (including phenoxy) is 1. The third kappa shape index (κ3) is 7.31. The summed E-state index contributed by atoms with van der Waals surface area (Å²) in [4.78, 5) is 11.2. The average Bonchev–Trinajstić information content (AvgIpc) is 2.42. The molecular formula is C19H30O2. The fourth-order valence-electron chi connectivity index (χ4n) is 2.26. The van der Waals surface area contributed by atoms with E-state index in [1.165, 1.54) is 11.1 Å². The van der Waals surface area contributed by atoms with Crippen LogP contribution in [-0.2, 0) is 21.4 Å². The van der Waals surface area contributed by atoms with Crippen LogP contribution in [0.4, 0.5) is 0 Å². The molecule has 0 N–H and O–H groups in total. The fraction of sp³-hybridized carbons (Fsp3) is 0.632. The molecule has 0 atom stereocenters. The largest absolute Gasteiger partial charge is 0.466 e. The minimum atomic E-state index is -0.0598. The van der Waals surface area contributed by atoms with Crippen molar-refractivity contribution in [2.45, 2.75) is 71.6 Å². The molecule has 118 valence electrons. The van der Waals surface area contributed by atoms with Gasteiger partial charge >= 0.3 is 5.97 Å². The Morgan fingerprint density at radius 1 is 1.14 bits per heavy atom. The molecule has 0 fully saturated rings. The van der Waals surface area contributed by atoms with E-state index in [0.717, 1.165) is 32.1 Å². The lowest BCUT2D eigenvalue weighted by Gasteiger charge is -2.19. The second kappa shape index (κ2) is 8.86. The first-order valence-electron chi connectivity index (χ1n) is 8.18. The van der Waals surface area contributed by atoms with E-state index >= 15 is 0 Å². The molecular weight excluding hydrogens is 260 g/mol. The first kappa shape index (κ1) is 17.7. The minimum absolute atomic E-state index is 0.0598. The zero-order chi connectivity index (χ0) is 15.7. The molecule has 2 heteroatoms. The zero-order valence-corrected chi connectivity index (χ0v) is 14.1. The van der Waals surface area contributed by atoms with Gasteiger partial charge in [0.15, 0.2) is 0 Å². The van der Waals surface area contributed by atoms with Crippen LogP contribution in [0.1, 0.15) is 70.9 Å². The number of aryl methyl sites for hydroxylation is 1. The predicted molar refractivity (Wildman–Crippen MR) is 88.6 cm³/mol. The average molecular weight is 290 g/mol. The van der Waals surface area contributed by atoms with Gasteiger partial charge in [0.25, 0.3) is 0 Å². The molecule has 0 amide bonds. The van der Waals surface area contributed by atoms with Gasteiger partial charge in [-0.25, -0.2) is 0 Å². The second-order valence-corrected chi connectivity index (χ2v) is 6.73. The maximum atomic E-state index is 11.2. The number of hydrogen-bond donors (Lipinski definition) is 0. The molecule has 0 unspecified atom stereocenters. The molecule has 1 rings (SSSR count).